The highest BCUT2D eigenvalue weighted by atomic mass is 19.1. The number of anilines is 1. The SMILES string of the molecule is Cc1cccc(NC(=O)c2ccc(=O)[nH]c2)c1F. The number of amides is 1. The summed E-state index contributed by atoms with van der Waals surface area (Å²) in [5.41, 5.74) is 0.532. The molecule has 0 saturated heterocycles. The van der Waals surface area contributed by atoms with Gasteiger partial charge >= 0.3 is 0 Å². The van der Waals surface area contributed by atoms with Gasteiger partial charge in [0.15, 0.2) is 0 Å². The van der Waals surface area contributed by atoms with E-state index in [9.17, 15) is 14.0 Å². The standard InChI is InChI=1S/C13H11FN2O2/c1-8-3-2-4-10(12(8)14)16-13(18)9-5-6-11(17)15-7-9/h2-7H,1H3,(H,15,17)(H,16,18). The van der Waals surface area contributed by atoms with Crippen LogP contribution < -0.4 is 10.9 Å². The fraction of sp³-hybridized carbons (Fsp3) is 0.0769. The number of aromatic nitrogens is 1. The lowest BCUT2D eigenvalue weighted by Crippen LogP contribution is -2.15. The first kappa shape index (κ1) is 12.0. The first-order chi connectivity index (χ1) is 8.58. The fourth-order valence-electron chi connectivity index (χ4n) is 1.49. The molecule has 5 heteroatoms. The van der Waals surface area contributed by atoms with Gasteiger partial charge in [-0.1, -0.05) is 12.1 Å². The third-order valence-electron chi connectivity index (χ3n) is 2.49. The third kappa shape index (κ3) is 2.45. The molecule has 1 heterocycles. The van der Waals surface area contributed by atoms with Crippen LogP contribution in [-0.2, 0) is 0 Å². The molecule has 4 nitrogen and oxygen atoms in total. The predicted octanol–water partition coefficient (Wildman–Crippen LogP) is 2.07. The molecule has 0 saturated carbocycles. The highest BCUT2D eigenvalue weighted by Gasteiger charge is 2.10. The number of hydrogen-bond acceptors (Lipinski definition) is 2. The monoisotopic (exact) mass is 246 g/mol. The van der Waals surface area contributed by atoms with Gasteiger partial charge in [-0.05, 0) is 24.6 Å². The molecule has 0 radical (unpaired) electrons. The summed E-state index contributed by atoms with van der Waals surface area (Å²) in [5, 5.41) is 2.45. The molecule has 0 spiro atoms. The second-order valence-corrected chi connectivity index (χ2v) is 3.83. The highest BCUT2D eigenvalue weighted by molar-refractivity contribution is 6.04. The molecule has 18 heavy (non-hydrogen) atoms. The maximum atomic E-state index is 13.7. The lowest BCUT2D eigenvalue weighted by molar-refractivity contribution is 0.102. The minimum atomic E-state index is -0.476. The average molecular weight is 246 g/mol. The second kappa shape index (κ2) is 4.83. The van der Waals surface area contributed by atoms with Crippen LogP contribution in [0, 0.1) is 12.7 Å². The number of H-pyrrole nitrogens is 1. The minimum absolute atomic E-state index is 0.117. The topological polar surface area (TPSA) is 62.0 Å². The summed E-state index contributed by atoms with van der Waals surface area (Å²) < 4.78 is 13.7. The van der Waals surface area contributed by atoms with Gasteiger partial charge in [-0.15, -0.1) is 0 Å². The largest absolute Gasteiger partial charge is 0.328 e. The van der Waals surface area contributed by atoms with Crippen molar-refractivity contribution < 1.29 is 9.18 Å². The first-order valence-electron chi connectivity index (χ1n) is 5.33. The number of carbonyl (C=O) groups is 1. The summed E-state index contributed by atoms with van der Waals surface area (Å²) >= 11 is 0. The molecule has 0 unspecified atom stereocenters. The van der Waals surface area contributed by atoms with Crippen molar-refractivity contribution in [3.8, 4) is 0 Å². The summed E-state index contributed by atoms with van der Waals surface area (Å²) in [6, 6.07) is 7.36. The Labute approximate surface area is 102 Å². The molecular formula is C13H11FN2O2. The van der Waals surface area contributed by atoms with Crippen LogP contribution in [0.15, 0.2) is 41.3 Å². The zero-order valence-electron chi connectivity index (χ0n) is 9.66. The molecule has 2 N–H and O–H groups in total. The number of halogens is 1. The highest BCUT2D eigenvalue weighted by Crippen LogP contribution is 2.17. The van der Waals surface area contributed by atoms with Crippen LogP contribution in [0.3, 0.4) is 0 Å². The minimum Gasteiger partial charge on any atom is -0.328 e. The van der Waals surface area contributed by atoms with Crippen molar-refractivity contribution in [2.24, 2.45) is 0 Å². The van der Waals surface area contributed by atoms with Crippen LogP contribution in [0.1, 0.15) is 15.9 Å². The van der Waals surface area contributed by atoms with Gasteiger partial charge in [0.2, 0.25) is 5.56 Å². The lowest BCUT2D eigenvalue weighted by Gasteiger charge is -2.07. The Balaban J connectivity index is 2.24. The van der Waals surface area contributed by atoms with Gasteiger partial charge < -0.3 is 10.3 Å². The number of carbonyl (C=O) groups excluding carboxylic acids is 1. The van der Waals surface area contributed by atoms with Gasteiger partial charge in [0.25, 0.3) is 5.91 Å². The van der Waals surface area contributed by atoms with Crippen molar-refractivity contribution >= 4 is 11.6 Å². The molecular weight excluding hydrogens is 235 g/mol. The van der Waals surface area contributed by atoms with E-state index in [0.717, 1.165) is 0 Å². The van der Waals surface area contributed by atoms with E-state index in [1.165, 1.54) is 24.4 Å². The number of benzene rings is 1. The normalized spacial score (nSPS) is 10.1. The zero-order chi connectivity index (χ0) is 13.1. The second-order valence-electron chi connectivity index (χ2n) is 3.83. The van der Waals surface area contributed by atoms with E-state index in [2.05, 4.69) is 10.3 Å². The Morgan fingerprint density at radius 3 is 2.72 bits per heavy atom. The van der Waals surface area contributed by atoms with Crippen molar-refractivity contribution in [2.75, 3.05) is 5.32 Å². The van der Waals surface area contributed by atoms with Crippen LogP contribution in [0.25, 0.3) is 0 Å². The van der Waals surface area contributed by atoms with Crippen LogP contribution in [0.4, 0.5) is 10.1 Å². The van der Waals surface area contributed by atoms with Crippen LogP contribution in [-0.4, -0.2) is 10.9 Å². The summed E-state index contributed by atoms with van der Waals surface area (Å²) in [6.45, 7) is 1.62. The fourth-order valence-corrected chi connectivity index (χ4v) is 1.49. The van der Waals surface area contributed by atoms with E-state index < -0.39 is 11.7 Å². The number of aromatic amines is 1. The molecule has 92 valence electrons. The van der Waals surface area contributed by atoms with Gasteiger partial charge in [-0.25, -0.2) is 4.39 Å². The quantitative estimate of drug-likeness (QED) is 0.852. The Morgan fingerprint density at radius 2 is 2.06 bits per heavy atom. The molecule has 0 fully saturated rings. The van der Waals surface area contributed by atoms with E-state index in [1.54, 1.807) is 19.1 Å². The lowest BCUT2D eigenvalue weighted by atomic mass is 10.2. The van der Waals surface area contributed by atoms with Crippen LogP contribution in [0.2, 0.25) is 0 Å². The Morgan fingerprint density at radius 1 is 1.28 bits per heavy atom. The van der Waals surface area contributed by atoms with Crippen molar-refractivity contribution in [3.05, 3.63) is 63.8 Å². The van der Waals surface area contributed by atoms with Gasteiger partial charge in [-0.3, -0.25) is 9.59 Å². The number of hydrogen-bond donors (Lipinski definition) is 2. The summed E-state index contributed by atoms with van der Waals surface area (Å²) in [4.78, 5) is 25.0. The third-order valence-corrected chi connectivity index (χ3v) is 2.49. The van der Waals surface area contributed by atoms with Crippen molar-refractivity contribution in [2.45, 2.75) is 6.92 Å². The van der Waals surface area contributed by atoms with Crippen molar-refractivity contribution in [1.82, 2.24) is 4.98 Å². The summed E-state index contributed by atoms with van der Waals surface area (Å²) in [5.74, 6) is -0.939. The first-order valence-corrected chi connectivity index (χ1v) is 5.33. The molecule has 0 aliphatic carbocycles. The smallest absolute Gasteiger partial charge is 0.257 e. The molecule has 1 aromatic carbocycles. The molecule has 1 aromatic heterocycles. The molecule has 2 rings (SSSR count). The van der Waals surface area contributed by atoms with Crippen molar-refractivity contribution in [1.29, 1.82) is 0 Å². The van der Waals surface area contributed by atoms with Crippen LogP contribution >= 0.6 is 0 Å². The van der Waals surface area contributed by atoms with E-state index in [1.807, 2.05) is 0 Å². The van der Waals surface area contributed by atoms with E-state index >= 15 is 0 Å². The number of pyridine rings is 1. The molecule has 0 atom stereocenters. The van der Waals surface area contributed by atoms with Gasteiger partial charge in [0, 0.05) is 12.3 Å². The zero-order valence-corrected chi connectivity index (χ0v) is 9.66. The van der Waals surface area contributed by atoms with E-state index in [4.69, 9.17) is 0 Å². The molecule has 0 bridgehead atoms. The average Bonchev–Trinajstić information content (AvgIpc) is 2.36. The van der Waals surface area contributed by atoms with Gasteiger partial charge in [0.05, 0.1) is 11.3 Å². The number of nitrogens with one attached hydrogen (secondary N) is 2. The maximum absolute atomic E-state index is 13.7. The van der Waals surface area contributed by atoms with Gasteiger partial charge in [0.1, 0.15) is 5.82 Å². The Kier molecular flexibility index (Phi) is 3.23. The van der Waals surface area contributed by atoms with Crippen LogP contribution in [0.5, 0.6) is 0 Å². The Hall–Kier alpha value is -2.43. The van der Waals surface area contributed by atoms with Gasteiger partial charge in [-0.2, -0.15) is 0 Å². The number of aryl methyl sites for hydroxylation is 1. The number of rotatable bonds is 2. The van der Waals surface area contributed by atoms with E-state index in [-0.39, 0.29) is 16.8 Å². The maximum Gasteiger partial charge on any atom is 0.257 e. The van der Waals surface area contributed by atoms with Crippen molar-refractivity contribution in [3.63, 3.8) is 0 Å². The Bertz CT molecular complexity index is 629. The molecule has 1 amide bonds. The molecule has 0 aliphatic heterocycles. The van der Waals surface area contributed by atoms with E-state index in [0.29, 0.717) is 5.56 Å². The summed E-state index contributed by atoms with van der Waals surface area (Å²) in [6.07, 6.45) is 1.28. The predicted molar refractivity (Wildman–Crippen MR) is 66.2 cm³/mol. The molecule has 2 aromatic rings. The summed E-state index contributed by atoms with van der Waals surface area (Å²) in [7, 11) is 0. The molecule has 0 aliphatic rings.